The third kappa shape index (κ3) is 3.26. The average molecular weight is 278 g/mol. The summed E-state index contributed by atoms with van der Waals surface area (Å²) < 4.78 is 0. The van der Waals surface area contributed by atoms with Crippen LogP contribution in [0.1, 0.15) is 45.1 Å². The Morgan fingerprint density at radius 3 is 2.58 bits per heavy atom. The molecule has 2 rings (SSSR count). The van der Waals surface area contributed by atoms with Crippen LogP contribution in [0, 0.1) is 0 Å². The molecule has 106 valence electrons. The van der Waals surface area contributed by atoms with Crippen molar-refractivity contribution in [2.24, 2.45) is 5.73 Å². The summed E-state index contributed by atoms with van der Waals surface area (Å²) >= 11 is 1.90. The minimum Gasteiger partial charge on any atom is -0.369 e. The summed E-state index contributed by atoms with van der Waals surface area (Å²) in [7, 11) is 0. The Bertz CT molecular complexity index is 400. The molecule has 0 aromatic heterocycles. The number of hydrogen-bond donors (Lipinski definition) is 1. The molecular weight excluding hydrogens is 252 g/mol. The first kappa shape index (κ1) is 14.7. The van der Waals surface area contributed by atoms with E-state index in [4.69, 9.17) is 5.73 Å². The van der Waals surface area contributed by atoms with E-state index in [0.717, 1.165) is 18.3 Å². The summed E-state index contributed by atoms with van der Waals surface area (Å²) in [6.45, 7) is 6.18. The fourth-order valence-corrected chi connectivity index (χ4v) is 4.01. The van der Waals surface area contributed by atoms with Crippen molar-refractivity contribution in [1.29, 1.82) is 0 Å². The fraction of sp³-hybridized carbons (Fsp3) is 0.625. The molecule has 2 N–H and O–H groups in total. The van der Waals surface area contributed by atoms with Crippen molar-refractivity contribution in [2.75, 3.05) is 17.2 Å². The van der Waals surface area contributed by atoms with E-state index in [9.17, 15) is 0 Å². The van der Waals surface area contributed by atoms with E-state index in [-0.39, 0.29) is 0 Å². The van der Waals surface area contributed by atoms with E-state index in [1.54, 1.807) is 0 Å². The molecule has 0 spiro atoms. The molecule has 0 radical (unpaired) electrons. The molecule has 3 heteroatoms. The van der Waals surface area contributed by atoms with Crippen LogP contribution in [0.25, 0.3) is 0 Å². The molecule has 1 saturated carbocycles. The highest BCUT2D eigenvalue weighted by atomic mass is 32.2. The van der Waals surface area contributed by atoms with Crippen LogP contribution in [0.5, 0.6) is 0 Å². The van der Waals surface area contributed by atoms with Crippen molar-refractivity contribution in [3.05, 3.63) is 23.8 Å². The number of thioether (sulfide) groups is 1. The maximum absolute atomic E-state index is 6.03. The van der Waals surface area contributed by atoms with E-state index in [1.165, 1.54) is 41.8 Å². The Balaban J connectivity index is 2.32. The highest BCUT2D eigenvalue weighted by molar-refractivity contribution is 7.99. The monoisotopic (exact) mass is 278 g/mol. The third-order valence-electron chi connectivity index (χ3n) is 4.03. The lowest BCUT2D eigenvalue weighted by Gasteiger charge is -2.32. The summed E-state index contributed by atoms with van der Waals surface area (Å²) in [5.74, 6) is 1.10. The van der Waals surface area contributed by atoms with Crippen LogP contribution in [0.4, 0.5) is 5.69 Å². The third-order valence-corrected chi connectivity index (χ3v) is 5.01. The van der Waals surface area contributed by atoms with E-state index < -0.39 is 0 Å². The standard InChI is InChI=1S/C16H26N2S/c1-3-18(13-8-5-6-9-13)15-10-7-11-16(19-4-2)14(15)12-17/h7,10-11,13H,3-6,8-9,12,17H2,1-2H3. The first-order chi connectivity index (χ1) is 9.31. The van der Waals surface area contributed by atoms with Gasteiger partial charge >= 0.3 is 0 Å². The van der Waals surface area contributed by atoms with E-state index >= 15 is 0 Å². The predicted molar refractivity (Wildman–Crippen MR) is 86.0 cm³/mol. The molecule has 0 unspecified atom stereocenters. The van der Waals surface area contributed by atoms with Crippen LogP contribution >= 0.6 is 11.8 Å². The molecule has 1 aromatic carbocycles. The maximum atomic E-state index is 6.03. The number of anilines is 1. The van der Waals surface area contributed by atoms with Gasteiger partial charge in [0.25, 0.3) is 0 Å². The number of nitrogens with zero attached hydrogens (tertiary/aromatic N) is 1. The van der Waals surface area contributed by atoms with Gasteiger partial charge in [0.1, 0.15) is 0 Å². The summed E-state index contributed by atoms with van der Waals surface area (Å²) in [5, 5.41) is 0. The highest BCUT2D eigenvalue weighted by Gasteiger charge is 2.23. The molecule has 0 aliphatic heterocycles. The molecule has 0 atom stereocenters. The molecule has 1 aliphatic carbocycles. The lowest BCUT2D eigenvalue weighted by atomic mass is 10.1. The zero-order chi connectivity index (χ0) is 13.7. The number of benzene rings is 1. The Hall–Kier alpha value is -0.670. The first-order valence-electron chi connectivity index (χ1n) is 7.53. The lowest BCUT2D eigenvalue weighted by Crippen LogP contribution is -2.34. The molecule has 1 fully saturated rings. The maximum Gasteiger partial charge on any atom is 0.0425 e. The van der Waals surface area contributed by atoms with Crippen LogP contribution in [-0.2, 0) is 6.54 Å². The van der Waals surface area contributed by atoms with Gasteiger partial charge in [-0.05, 0) is 37.7 Å². The van der Waals surface area contributed by atoms with Gasteiger partial charge in [-0.1, -0.05) is 25.8 Å². The van der Waals surface area contributed by atoms with Gasteiger partial charge in [-0.2, -0.15) is 0 Å². The van der Waals surface area contributed by atoms with Crippen molar-refractivity contribution < 1.29 is 0 Å². The topological polar surface area (TPSA) is 29.3 Å². The quantitative estimate of drug-likeness (QED) is 0.797. The Morgan fingerprint density at radius 2 is 2.00 bits per heavy atom. The second-order valence-corrected chi connectivity index (χ2v) is 6.42. The minimum absolute atomic E-state index is 0.641. The Morgan fingerprint density at radius 1 is 1.26 bits per heavy atom. The van der Waals surface area contributed by atoms with Gasteiger partial charge in [-0.25, -0.2) is 0 Å². The minimum atomic E-state index is 0.641. The summed E-state index contributed by atoms with van der Waals surface area (Å²) in [6.07, 6.45) is 5.43. The first-order valence-corrected chi connectivity index (χ1v) is 8.51. The number of nitrogens with two attached hydrogens (primary N) is 1. The van der Waals surface area contributed by atoms with Crippen molar-refractivity contribution in [3.8, 4) is 0 Å². The van der Waals surface area contributed by atoms with Gasteiger partial charge in [0.15, 0.2) is 0 Å². The Kier molecular flexibility index (Phi) is 5.59. The molecule has 2 nitrogen and oxygen atoms in total. The van der Waals surface area contributed by atoms with Crippen LogP contribution in [-0.4, -0.2) is 18.3 Å². The fourth-order valence-electron chi connectivity index (χ4n) is 3.16. The summed E-state index contributed by atoms with van der Waals surface area (Å²) in [6, 6.07) is 7.37. The average Bonchev–Trinajstić information content (AvgIpc) is 2.94. The molecule has 0 amide bonds. The second-order valence-electron chi connectivity index (χ2n) is 5.12. The van der Waals surface area contributed by atoms with Crippen LogP contribution in [0.3, 0.4) is 0 Å². The van der Waals surface area contributed by atoms with Crippen LogP contribution in [0.2, 0.25) is 0 Å². The Labute approximate surface area is 121 Å². The largest absolute Gasteiger partial charge is 0.369 e. The highest BCUT2D eigenvalue weighted by Crippen LogP contribution is 2.34. The van der Waals surface area contributed by atoms with Gasteiger partial charge in [0.05, 0.1) is 0 Å². The second kappa shape index (κ2) is 7.20. The molecule has 0 bridgehead atoms. The van der Waals surface area contributed by atoms with E-state index in [0.29, 0.717) is 6.54 Å². The molecule has 1 aliphatic rings. The van der Waals surface area contributed by atoms with Gasteiger partial charge in [0.2, 0.25) is 0 Å². The van der Waals surface area contributed by atoms with Crippen molar-refractivity contribution in [3.63, 3.8) is 0 Å². The molecule has 0 saturated heterocycles. The summed E-state index contributed by atoms with van der Waals surface area (Å²) in [4.78, 5) is 3.94. The zero-order valence-corrected chi connectivity index (χ0v) is 13.0. The van der Waals surface area contributed by atoms with E-state index in [1.807, 2.05) is 11.8 Å². The van der Waals surface area contributed by atoms with Crippen molar-refractivity contribution in [2.45, 2.75) is 57.0 Å². The zero-order valence-electron chi connectivity index (χ0n) is 12.2. The van der Waals surface area contributed by atoms with Crippen LogP contribution < -0.4 is 10.6 Å². The molecular formula is C16H26N2S. The lowest BCUT2D eigenvalue weighted by molar-refractivity contribution is 0.616. The van der Waals surface area contributed by atoms with Gasteiger partial charge in [0, 0.05) is 35.3 Å². The molecule has 1 aromatic rings. The predicted octanol–water partition coefficient (Wildman–Crippen LogP) is 4.03. The van der Waals surface area contributed by atoms with E-state index in [2.05, 4.69) is 36.9 Å². The summed E-state index contributed by atoms with van der Waals surface area (Å²) in [5.41, 5.74) is 8.74. The number of hydrogen-bond acceptors (Lipinski definition) is 3. The van der Waals surface area contributed by atoms with Crippen molar-refractivity contribution in [1.82, 2.24) is 0 Å². The van der Waals surface area contributed by atoms with Gasteiger partial charge in [-0.15, -0.1) is 11.8 Å². The normalized spacial score (nSPS) is 15.9. The van der Waals surface area contributed by atoms with Gasteiger partial charge in [-0.3, -0.25) is 0 Å². The molecule has 19 heavy (non-hydrogen) atoms. The molecule has 0 heterocycles. The number of rotatable bonds is 6. The van der Waals surface area contributed by atoms with Crippen molar-refractivity contribution >= 4 is 17.4 Å². The van der Waals surface area contributed by atoms with Gasteiger partial charge < -0.3 is 10.6 Å². The van der Waals surface area contributed by atoms with Crippen LogP contribution in [0.15, 0.2) is 23.1 Å². The smallest absolute Gasteiger partial charge is 0.0425 e. The SMILES string of the molecule is CCSc1cccc(N(CC)C2CCCC2)c1CN.